The number of benzene rings is 2. The molecular weight excluding hydrogens is 414 g/mol. The van der Waals surface area contributed by atoms with Crippen LogP contribution in [0.5, 0.6) is 5.75 Å². The molecule has 2 heterocycles. The first-order valence-corrected chi connectivity index (χ1v) is 11.6. The van der Waals surface area contributed by atoms with Crippen LogP contribution in [0.15, 0.2) is 67.0 Å². The van der Waals surface area contributed by atoms with Gasteiger partial charge in [0.25, 0.3) is 5.91 Å². The van der Waals surface area contributed by atoms with Crippen LogP contribution < -0.4 is 19.9 Å². The average molecular weight is 446 g/mol. The van der Waals surface area contributed by atoms with Crippen molar-refractivity contribution < 1.29 is 9.53 Å². The third-order valence-corrected chi connectivity index (χ3v) is 5.71. The minimum atomic E-state index is -0.194. The molecule has 7 heteroatoms. The van der Waals surface area contributed by atoms with Crippen molar-refractivity contribution >= 4 is 23.2 Å². The van der Waals surface area contributed by atoms with Crippen molar-refractivity contribution in [1.29, 1.82) is 0 Å². The van der Waals surface area contributed by atoms with E-state index in [0.29, 0.717) is 23.8 Å². The maximum absolute atomic E-state index is 12.6. The molecule has 0 bridgehead atoms. The molecule has 0 saturated carbocycles. The summed E-state index contributed by atoms with van der Waals surface area (Å²) in [6, 6.07) is 17.6. The highest BCUT2D eigenvalue weighted by Crippen LogP contribution is 2.19. The van der Waals surface area contributed by atoms with Gasteiger partial charge in [0.1, 0.15) is 5.75 Å². The molecule has 0 unspecified atom stereocenters. The molecule has 1 saturated heterocycles. The number of hydrogen-bond acceptors (Lipinski definition) is 6. The van der Waals surface area contributed by atoms with Crippen LogP contribution in [0.25, 0.3) is 0 Å². The summed E-state index contributed by atoms with van der Waals surface area (Å²) in [5.41, 5.74) is 2.38. The molecule has 33 heavy (non-hydrogen) atoms. The van der Waals surface area contributed by atoms with Gasteiger partial charge >= 0.3 is 0 Å². The van der Waals surface area contributed by atoms with E-state index in [9.17, 15) is 4.79 Å². The molecule has 1 fully saturated rings. The molecule has 4 rings (SSSR count). The van der Waals surface area contributed by atoms with Gasteiger partial charge < -0.3 is 19.9 Å². The number of ether oxygens (including phenoxy) is 1. The number of nitrogens with one attached hydrogen (secondary N) is 1. The van der Waals surface area contributed by atoms with E-state index in [4.69, 9.17) is 4.74 Å². The highest BCUT2D eigenvalue weighted by molar-refractivity contribution is 6.04. The van der Waals surface area contributed by atoms with Crippen molar-refractivity contribution in [3.63, 3.8) is 0 Å². The largest absolute Gasteiger partial charge is 0.494 e. The second-order valence-electron chi connectivity index (χ2n) is 8.12. The van der Waals surface area contributed by atoms with Crippen molar-refractivity contribution in [1.82, 2.24) is 9.97 Å². The van der Waals surface area contributed by atoms with E-state index < -0.39 is 0 Å². The molecule has 1 aromatic heterocycles. The Hall–Kier alpha value is -3.61. The highest BCUT2D eigenvalue weighted by atomic mass is 16.5. The smallest absolute Gasteiger partial charge is 0.255 e. The number of rotatable bonds is 9. The summed E-state index contributed by atoms with van der Waals surface area (Å²) in [6.07, 6.45) is 6.69. The van der Waals surface area contributed by atoms with Gasteiger partial charge in [0.15, 0.2) is 0 Å². The zero-order chi connectivity index (χ0) is 22.9. The third-order valence-electron chi connectivity index (χ3n) is 5.71. The fourth-order valence-electron chi connectivity index (χ4n) is 3.80. The second-order valence-corrected chi connectivity index (χ2v) is 8.12. The lowest BCUT2D eigenvalue weighted by molar-refractivity contribution is 0.102. The van der Waals surface area contributed by atoms with Gasteiger partial charge in [-0.3, -0.25) is 4.79 Å². The highest BCUT2D eigenvalue weighted by Gasteiger charge is 2.19. The number of aromatic nitrogens is 2. The minimum absolute atomic E-state index is 0.194. The number of carbonyl (C=O) groups excluding carboxylic acids is 1. The molecule has 0 atom stereocenters. The Morgan fingerprint density at radius 2 is 1.58 bits per heavy atom. The fourth-order valence-corrected chi connectivity index (χ4v) is 3.80. The molecule has 7 nitrogen and oxygen atoms in total. The Morgan fingerprint density at radius 1 is 0.909 bits per heavy atom. The molecule has 1 amide bonds. The van der Waals surface area contributed by atoms with Gasteiger partial charge in [0.05, 0.1) is 24.7 Å². The molecule has 0 aliphatic carbocycles. The predicted octanol–water partition coefficient (Wildman–Crippen LogP) is 4.62. The molecule has 1 aliphatic rings. The Kier molecular flexibility index (Phi) is 7.74. The van der Waals surface area contributed by atoms with Gasteiger partial charge in [0.2, 0.25) is 5.95 Å². The van der Waals surface area contributed by atoms with Crippen LogP contribution >= 0.6 is 0 Å². The second kappa shape index (κ2) is 11.3. The lowest BCUT2D eigenvalue weighted by Crippen LogP contribution is -2.47. The number of carbonyl (C=O) groups is 1. The van der Waals surface area contributed by atoms with E-state index in [1.165, 1.54) is 5.69 Å². The number of piperazine rings is 1. The summed E-state index contributed by atoms with van der Waals surface area (Å²) < 4.78 is 5.70. The van der Waals surface area contributed by atoms with Crippen LogP contribution in [0.2, 0.25) is 0 Å². The van der Waals surface area contributed by atoms with E-state index in [-0.39, 0.29) is 5.91 Å². The number of anilines is 3. The maximum Gasteiger partial charge on any atom is 0.255 e. The molecule has 3 aromatic rings. The number of hydrogen-bond donors (Lipinski definition) is 1. The summed E-state index contributed by atoms with van der Waals surface area (Å²) in [5.74, 6) is 1.27. The maximum atomic E-state index is 12.6. The molecule has 172 valence electrons. The quantitative estimate of drug-likeness (QED) is 0.485. The number of para-hydroxylation sites is 1. The first-order valence-electron chi connectivity index (χ1n) is 11.6. The van der Waals surface area contributed by atoms with Crippen LogP contribution in [0.1, 0.15) is 36.5 Å². The normalized spacial score (nSPS) is 13.6. The van der Waals surface area contributed by atoms with Crippen LogP contribution in [0, 0.1) is 0 Å². The van der Waals surface area contributed by atoms with Gasteiger partial charge in [-0.15, -0.1) is 0 Å². The number of amides is 1. The molecule has 1 N–H and O–H groups in total. The first kappa shape index (κ1) is 22.6. The van der Waals surface area contributed by atoms with Crippen molar-refractivity contribution in [2.75, 3.05) is 47.9 Å². The predicted molar refractivity (Wildman–Crippen MR) is 132 cm³/mol. The number of nitrogens with zero attached hydrogens (tertiary/aromatic N) is 4. The molecular formula is C26H31N5O2. The van der Waals surface area contributed by atoms with Gasteiger partial charge in [-0.25, -0.2) is 9.97 Å². The van der Waals surface area contributed by atoms with Crippen LogP contribution in [-0.4, -0.2) is 48.7 Å². The van der Waals surface area contributed by atoms with Gasteiger partial charge in [-0.05, 0) is 42.8 Å². The van der Waals surface area contributed by atoms with Crippen LogP contribution in [-0.2, 0) is 0 Å². The zero-order valence-corrected chi connectivity index (χ0v) is 19.1. The average Bonchev–Trinajstić information content (AvgIpc) is 2.88. The Labute approximate surface area is 195 Å². The standard InChI is InChI=1S/C26H31N5O2/c1-2-3-7-18-33-24-12-10-21(11-13-24)25(32)29-22-19-27-26(28-20-22)31-16-14-30(15-17-31)23-8-5-4-6-9-23/h4-6,8-13,19-20H,2-3,7,14-18H2,1H3,(H,29,32). The molecule has 0 radical (unpaired) electrons. The molecule has 0 spiro atoms. The zero-order valence-electron chi connectivity index (χ0n) is 19.1. The monoisotopic (exact) mass is 445 g/mol. The molecule has 2 aromatic carbocycles. The minimum Gasteiger partial charge on any atom is -0.494 e. The van der Waals surface area contributed by atoms with E-state index in [1.807, 2.05) is 18.2 Å². The lowest BCUT2D eigenvalue weighted by Gasteiger charge is -2.36. The summed E-state index contributed by atoms with van der Waals surface area (Å²) >= 11 is 0. The Morgan fingerprint density at radius 3 is 2.24 bits per heavy atom. The van der Waals surface area contributed by atoms with Crippen molar-refractivity contribution in [2.24, 2.45) is 0 Å². The van der Waals surface area contributed by atoms with E-state index in [1.54, 1.807) is 24.5 Å². The fraction of sp³-hybridized carbons (Fsp3) is 0.346. The lowest BCUT2D eigenvalue weighted by atomic mass is 10.2. The van der Waals surface area contributed by atoms with E-state index in [2.05, 4.69) is 56.3 Å². The van der Waals surface area contributed by atoms with Gasteiger partial charge in [-0.2, -0.15) is 0 Å². The van der Waals surface area contributed by atoms with Gasteiger partial charge in [-0.1, -0.05) is 38.0 Å². The van der Waals surface area contributed by atoms with Crippen LogP contribution in [0.3, 0.4) is 0 Å². The Bertz CT molecular complexity index is 1000. The topological polar surface area (TPSA) is 70.6 Å². The summed E-state index contributed by atoms with van der Waals surface area (Å²) in [4.78, 5) is 26.0. The summed E-state index contributed by atoms with van der Waals surface area (Å²) in [7, 11) is 0. The third kappa shape index (κ3) is 6.22. The van der Waals surface area contributed by atoms with E-state index >= 15 is 0 Å². The Balaban J connectivity index is 1.27. The molecule has 1 aliphatic heterocycles. The van der Waals surface area contributed by atoms with Crippen LogP contribution in [0.4, 0.5) is 17.3 Å². The summed E-state index contributed by atoms with van der Waals surface area (Å²) in [5, 5.41) is 2.86. The van der Waals surface area contributed by atoms with Gasteiger partial charge in [0, 0.05) is 37.4 Å². The number of unbranched alkanes of at least 4 members (excludes halogenated alkanes) is 2. The first-order chi connectivity index (χ1) is 16.2. The summed E-state index contributed by atoms with van der Waals surface area (Å²) in [6.45, 7) is 6.42. The SMILES string of the molecule is CCCCCOc1ccc(C(=O)Nc2cnc(N3CCN(c4ccccc4)CC3)nc2)cc1. The van der Waals surface area contributed by atoms with Crippen molar-refractivity contribution in [2.45, 2.75) is 26.2 Å². The van der Waals surface area contributed by atoms with Crippen molar-refractivity contribution in [3.05, 3.63) is 72.6 Å². The van der Waals surface area contributed by atoms with E-state index in [0.717, 1.165) is 51.2 Å². The van der Waals surface area contributed by atoms with Crippen molar-refractivity contribution in [3.8, 4) is 5.75 Å².